The van der Waals surface area contributed by atoms with Gasteiger partial charge >= 0.3 is 0 Å². The molecule has 60 valence electrons. The molecular formula is C8H7ClFI. The number of rotatable bonds is 2. The fourth-order valence-corrected chi connectivity index (χ4v) is 1.57. The van der Waals surface area contributed by atoms with Crippen LogP contribution in [-0.2, 0) is 6.42 Å². The summed E-state index contributed by atoms with van der Waals surface area (Å²) in [7, 11) is 0. The highest BCUT2D eigenvalue weighted by atomic mass is 127. The minimum Gasteiger partial charge on any atom is -0.207 e. The van der Waals surface area contributed by atoms with Crippen LogP contribution < -0.4 is 0 Å². The standard InChI is InChI=1S/C8H7ClFI/c9-7-2-1-6(3-4-11)8(10)5-7/h1-2,5H,3-4H2. The highest BCUT2D eigenvalue weighted by Crippen LogP contribution is 2.15. The van der Waals surface area contributed by atoms with Crippen LogP contribution in [0.3, 0.4) is 0 Å². The lowest BCUT2D eigenvalue weighted by Crippen LogP contribution is -1.90. The summed E-state index contributed by atoms with van der Waals surface area (Å²) in [6.07, 6.45) is 0.767. The maximum atomic E-state index is 12.9. The molecule has 0 unspecified atom stereocenters. The van der Waals surface area contributed by atoms with Gasteiger partial charge in [0.05, 0.1) is 0 Å². The van der Waals surface area contributed by atoms with E-state index in [0.717, 1.165) is 16.4 Å². The first-order valence-corrected chi connectivity index (χ1v) is 5.14. The van der Waals surface area contributed by atoms with Gasteiger partial charge in [0.1, 0.15) is 5.82 Å². The summed E-state index contributed by atoms with van der Waals surface area (Å²) in [5.74, 6) is -0.200. The van der Waals surface area contributed by atoms with Crippen molar-refractivity contribution in [2.75, 3.05) is 4.43 Å². The van der Waals surface area contributed by atoms with E-state index in [2.05, 4.69) is 22.6 Å². The summed E-state index contributed by atoms with van der Waals surface area (Å²) < 4.78 is 13.9. The molecule has 0 amide bonds. The van der Waals surface area contributed by atoms with Gasteiger partial charge in [-0.05, 0) is 24.1 Å². The van der Waals surface area contributed by atoms with Gasteiger partial charge < -0.3 is 0 Å². The van der Waals surface area contributed by atoms with Gasteiger partial charge in [0, 0.05) is 9.45 Å². The summed E-state index contributed by atoms with van der Waals surface area (Å²) in [5.41, 5.74) is 0.740. The van der Waals surface area contributed by atoms with Crippen LogP contribution in [0.15, 0.2) is 18.2 Å². The molecule has 3 heteroatoms. The molecule has 0 aliphatic heterocycles. The van der Waals surface area contributed by atoms with Crippen molar-refractivity contribution in [2.45, 2.75) is 6.42 Å². The summed E-state index contributed by atoms with van der Waals surface area (Å²) in [5, 5.41) is 0.458. The summed E-state index contributed by atoms with van der Waals surface area (Å²) in [4.78, 5) is 0. The predicted molar refractivity (Wildman–Crippen MR) is 54.0 cm³/mol. The zero-order valence-electron chi connectivity index (χ0n) is 5.78. The second-order valence-corrected chi connectivity index (χ2v) is 3.69. The predicted octanol–water partition coefficient (Wildman–Crippen LogP) is 3.46. The van der Waals surface area contributed by atoms with Crippen molar-refractivity contribution < 1.29 is 4.39 Å². The number of halogens is 3. The highest BCUT2D eigenvalue weighted by molar-refractivity contribution is 14.1. The Morgan fingerprint density at radius 3 is 2.73 bits per heavy atom. The molecule has 1 aromatic rings. The van der Waals surface area contributed by atoms with Gasteiger partial charge in [0.2, 0.25) is 0 Å². The summed E-state index contributed by atoms with van der Waals surface area (Å²) >= 11 is 7.79. The van der Waals surface area contributed by atoms with Crippen LogP contribution in [0.25, 0.3) is 0 Å². The lowest BCUT2D eigenvalue weighted by molar-refractivity contribution is 0.613. The SMILES string of the molecule is Fc1cc(Cl)ccc1CCI. The number of hydrogen-bond acceptors (Lipinski definition) is 0. The Morgan fingerprint density at radius 1 is 1.45 bits per heavy atom. The summed E-state index contributed by atoms with van der Waals surface area (Å²) in [6.45, 7) is 0. The molecule has 11 heavy (non-hydrogen) atoms. The minimum absolute atomic E-state index is 0.200. The van der Waals surface area contributed by atoms with Crippen LogP contribution in [0.1, 0.15) is 5.56 Å². The first kappa shape index (κ1) is 9.26. The fourth-order valence-electron chi connectivity index (χ4n) is 0.826. The van der Waals surface area contributed by atoms with Crippen molar-refractivity contribution in [3.63, 3.8) is 0 Å². The maximum Gasteiger partial charge on any atom is 0.127 e. The molecule has 1 aromatic carbocycles. The number of benzene rings is 1. The molecule has 0 bridgehead atoms. The second-order valence-electron chi connectivity index (χ2n) is 2.17. The third-order valence-corrected chi connectivity index (χ3v) is 2.15. The Balaban J connectivity index is 2.90. The molecule has 0 saturated carbocycles. The van der Waals surface area contributed by atoms with Crippen molar-refractivity contribution in [1.82, 2.24) is 0 Å². The first-order chi connectivity index (χ1) is 5.24. The monoisotopic (exact) mass is 284 g/mol. The van der Waals surface area contributed by atoms with E-state index in [0.29, 0.717) is 5.02 Å². The lowest BCUT2D eigenvalue weighted by Gasteiger charge is -1.99. The second kappa shape index (κ2) is 4.26. The zero-order valence-corrected chi connectivity index (χ0v) is 8.69. The Bertz CT molecular complexity index is 250. The van der Waals surface area contributed by atoms with Crippen LogP contribution in [0, 0.1) is 5.82 Å². The molecule has 0 aliphatic carbocycles. The third-order valence-electron chi connectivity index (χ3n) is 1.38. The van der Waals surface area contributed by atoms with E-state index in [1.54, 1.807) is 12.1 Å². The Morgan fingerprint density at radius 2 is 2.18 bits per heavy atom. The highest BCUT2D eigenvalue weighted by Gasteiger charge is 2.00. The fraction of sp³-hybridized carbons (Fsp3) is 0.250. The smallest absolute Gasteiger partial charge is 0.127 e. The Labute approximate surface area is 83.9 Å². The van der Waals surface area contributed by atoms with Crippen LogP contribution in [0.5, 0.6) is 0 Å². The number of hydrogen-bond donors (Lipinski definition) is 0. The van der Waals surface area contributed by atoms with Crippen LogP contribution in [-0.4, -0.2) is 4.43 Å². The van der Waals surface area contributed by atoms with Crippen molar-refractivity contribution in [1.29, 1.82) is 0 Å². The van der Waals surface area contributed by atoms with E-state index in [9.17, 15) is 4.39 Å². The molecule has 0 heterocycles. The van der Waals surface area contributed by atoms with E-state index in [-0.39, 0.29) is 5.82 Å². The van der Waals surface area contributed by atoms with E-state index >= 15 is 0 Å². The van der Waals surface area contributed by atoms with E-state index in [1.165, 1.54) is 6.07 Å². The minimum atomic E-state index is -0.200. The van der Waals surface area contributed by atoms with Gasteiger partial charge in [-0.3, -0.25) is 0 Å². The molecule has 0 fully saturated rings. The van der Waals surface area contributed by atoms with E-state index < -0.39 is 0 Å². The summed E-state index contributed by atoms with van der Waals surface area (Å²) in [6, 6.07) is 4.80. The quantitative estimate of drug-likeness (QED) is 0.576. The molecule has 0 N–H and O–H groups in total. The molecule has 0 spiro atoms. The topological polar surface area (TPSA) is 0 Å². The van der Waals surface area contributed by atoms with E-state index in [1.807, 2.05) is 0 Å². The molecule has 0 saturated heterocycles. The first-order valence-electron chi connectivity index (χ1n) is 3.24. The van der Waals surface area contributed by atoms with E-state index in [4.69, 9.17) is 11.6 Å². The molecule has 0 radical (unpaired) electrons. The zero-order chi connectivity index (χ0) is 8.27. The average molecular weight is 284 g/mol. The number of alkyl halides is 1. The normalized spacial score (nSPS) is 10.1. The molecule has 0 aromatic heterocycles. The maximum absolute atomic E-state index is 12.9. The van der Waals surface area contributed by atoms with Crippen LogP contribution in [0.2, 0.25) is 5.02 Å². The molecule has 1 rings (SSSR count). The molecule has 0 aliphatic rings. The Hall–Kier alpha value is 0.170. The third kappa shape index (κ3) is 2.60. The number of aryl methyl sites for hydroxylation is 1. The van der Waals surface area contributed by atoms with Crippen molar-refractivity contribution in [2.24, 2.45) is 0 Å². The van der Waals surface area contributed by atoms with Gasteiger partial charge in [-0.2, -0.15) is 0 Å². The average Bonchev–Trinajstić information content (AvgIpc) is 1.95. The van der Waals surface area contributed by atoms with Gasteiger partial charge in [0.25, 0.3) is 0 Å². The Kier molecular flexibility index (Phi) is 3.59. The van der Waals surface area contributed by atoms with Crippen molar-refractivity contribution in [3.8, 4) is 0 Å². The van der Waals surface area contributed by atoms with Crippen molar-refractivity contribution >= 4 is 34.2 Å². The van der Waals surface area contributed by atoms with Crippen molar-refractivity contribution in [3.05, 3.63) is 34.6 Å². The molecule has 0 nitrogen and oxygen atoms in total. The van der Waals surface area contributed by atoms with Crippen LogP contribution >= 0.6 is 34.2 Å². The van der Waals surface area contributed by atoms with Crippen LogP contribution in [0.4, 0.5) is 4.39 Å². The molecule has 0 atom stereocenters. The van der Waals surface area contributed by atoms with Gasteiger partial charge in [-0.1, -0.05) is 40.3 Å². The largest absolute Gasteiger partial charge is 0.207 e. The molecular weight excluding hydrogens is 277 g/mol. The van der Waals surface area contributed by atoms with Gasteiger partial charge in [-0.25, -0.2) is 4.39 Å². The van der Waals surface area contributed by atoms with Gasteiger partial charge in [-0.15, -0.1) is 0 Å². The van der Waals surface area contributed by atoms with Gasteiger partial charge in [0.15, 0.2) is 0 Å². The lowest BCUT2D eigenvalue weighted by atomic mass is 10.2.